The molecule has 1 N–H and O–H groups in total. The molecule has 1 amide bonds. The van der Waals surface area contributed by atoms with Gasteiger partial charge in [-0.3, -0.25) is 14.3 Å². The van der Waals surface area contributed by atoms with Crippen LogP contribution in [-0.4, -0.2) is 47.9 Å². The Hall–Kier alpha value is -0.420. The second-order valence-electron chi connectivity index (χ2n) is 7.25. The summed E-state index contributed by atoms with van der Waals surface area (Å²) in [6.07, 6.45) is 0.0930. The molecule has 0 fully saturated rings. The third-order valence-corrected chi connectivity index (χ3v) is 4.78. The molecule has 0 spiro atoms. The summed E-state index contributed by atoms with van der Waals surface area (Å²) in [6, 6.07) is 0. The third kappa shape index (κ3) is 8.89. The van der Waals surface area contributed by atoms with E-state index in [-0.39, 0.29) is 29.8 Å². The first-order valence-electron chi connectivity index (χ1n) is 7.77. The van der Waals surface area contributed by atoms with Crippen LogP contribution in [0.3, 0.4) is 0 Å². The van der Waals surface area contributed by atoms with E-state index < -0.39 is 7.60 Å². The van der Waals surface area contributed by atoms with Crippen molar-refractivity contribution >= 4 is 13.5 Å². The van der Waals surface area contributed by atoms with Crippen molar-refractivity contribution in [2.45, 2.75) is 66.5 Å². The van der Waals surface area contributed by atoms with E-state index in [1.165, 1.54) is 0 Å². The van der Waals surface area contributed by atoms with Crippen LogP contribution in [0.15, 0.2) is 0 Å². The van der Waals surface area contributed by atoms with E-state index in [2.05, 4.69) is 5.32 Å². The van der Waals surface area contributed by atoms with Gasteiger partial charge in [0, 0.05) is 11.1 Å². The zero-order valence-corrected chi connectivity index (χ0v) is 16.3. The molecule has 7 heteroatoms. The number of carbonyl (C=O) groups is 1. The Bertz CT molecular complexity index is 389. The van der Waals surface area contributed by atoms with Gasteiger partial charge in [-0.25, -0.2) is 0 Å². The number of hydrogen-bond acceptors (Lipinski definition) is 5. The van der Waals surface area contributed by atoms with Gasteiger partial charge in [0.2, 0.25) is 5.91 Å². The lowest BCUT2D eigenvalue weighted by atomic mass is 10.1. The Morgan fingerprint density at radius 3 is 1.82 bits per heavy atom. The quantitative estimate of drug-likeness (QED) is 0.689. The number of amides is 1. The summed E-state index contributed by atoms with van der Waals surface area (Å²) in [6.45, 7) is 16.0. The summed E-state index contributed by atoms with van der Waals surface area (Å²) < 4.78 is 23.4. The highest BCUT2D eigenvalue weighted by atomic mass is 31.2. The molecule has 0 heterocycles. The van der Waals surface area contributed by atoms with Crippen molar-refractivity contribution in [3.05, 3.63) is 0 Å². The maximum atomic E-state index is 12.7. The van der Waals surface area contributed by atoms with E-state index in [0.29, 0.717) is 13.2 Å². The zero-order chi connectivity index (χ0) is 17.6. The van der Waals surface area contributed by atoms with Crippen molar-refractivity contribution < 1.29 is 18.4 Å². The average molecular weight is 336 g/mol. The van der Waals surface area contributed by atoms with E-state index in [1.807, 2.05) is 46.4 Å². The minimum Gasteiger partial charge on any atom is -0.350 e. The number of nitrogens with zero attached hydrogens (tertiary/aromatic N) is 1. The van der Waals surface area contributed by atoms with Crippen molar-refractivity contribution in [3.63, 3.8) is 0 Å². The van der Waals surface area contributed by atoms with Crippen LogP contribution in [0, 0.1) is 0 Å². The standard InChI is InChI=1S/C15H33N2O4P/c1-9-20-22(19,21-10-2)12-17(15(6,7)8)11-13(18)16-14(3,4)5/h9-12H2,1-8H3,(H,16,18). The van der Waals surface area contributed by atoms with Crippen molar-refractivity contribution in [2.24, 2.45) is 0 Å². The summed E-state index contributed by atoms with van der Waals surface area (Å²) in [5.74, 6) is -0.109. The van der Waals surface area contributed by atoms with E-state index >= 15 is 0 Å². The highest BCUT2D eigenvalue weighted by Crippen LogP contribution is 2.49. The molecule has 22 heavy (non-hydrogen) atoms. The van der Waals surface area contributed by atoms with Gasteiger partial charge >= 0.3 is 7.60 Å². The van der Waals surface area contributed by atoms with E-state index in [4.69, 9.17) is 9.05 Å². The van der Waals surface area contributed by atoms with Crippen LogP contribution in [0.1, 0.15) is 55.4 Å². The molecular weight excluding hydrogens is 303 g/mol. The summed E-state index contributed by atoms with van der Waals surface area (Å²) >= 11 is 0. The van der Waals surface area contributed by atoms with Crippen molar-refractivity contribution in [2.75, 3.05) is 26.0 Å². The van der Waals surface area contributed by atoms with Gasteiger partial charge in [0.15, 0.2) is 0 Å². The van der Waals surface area contributed by atoms with Crippen LogP contribution in [0.4, 0.5) is 0 Å². The molecule has 0 aliphatic rings. The molecule has 0 saturated carbocycles. The third-order valence-electron chi connectivity index (χ3n) is 2.79. The van der Waals surface area contributed by atoms with Gasteiger partial charge in [0.1, 0.15) is 6.29 Å². The summed E-state index contributed by atoms with van der Waals surface area (Å²) in [4.78, 5) is 14.0. The molecule has 0 aliphatic heterocycles. The van der Waals surface area contributed by atoms with Crippen LogP contribution >= 0.6 is 7.60 Å². The number of carbonyl (C=O) groups excluding carboxylic acids is 1. The Morgan fingerprint density at radius 1 is 1.05 bits per heavy atom. The van der Waals surface area contributed by atoms with Crippen molar-refractivity contribution in [1.82, 2.24) is 10.2 Å². The molecular formula is C15H33N2O4P. The van der Waals surface area contributed by atoms with Crippen molar-refractivity contribution in [1.29, 1.82) is 0 Å². The molecule has 0 saturated heterocycles. The van der Waals surface area contributed by atoms with Gasteiger partial charge in [-0.1, -0.05) is 0 Å². The molecule has 0 bridgehead atoms. The van der Waals surface area contributed by atoms with E-state index in [0.717, 1.165) is 0 Å². The summed E-state index contributed by atoms with van der Waals surface area (Å²) in [5, 5.41) is 2.92. The molecule has 0 unspecified atom stereocenters. The molecule has 0 radical (unpaired) electrons. The molecule has 0 atom stereocenters. The minimum absolute atomic E-state index is 0.0930. The fourth-order valence-corrected chi connectivity index (χ4v) is 3.82. The van der Waals surface area contributed by atoms with Crippen LogP contribution in [0.5, 0.6) is 0 Å². The molecule has 0 aromatic rings. The van der Waals surface area contributed by atoms with Crippen LogP contribution in [0.25, 0.3) is 0 Å². The predicted molar refractivity (Wildman–Crippen MR) is 90.1 cm³/mol. The fourth-order valence-electron chi connectivity index (χ4n) is 1.85. The molecule has 0 aliphatic carbocycles. The number of rotatable bonds is 8. The molecule has 0 aromatic carbocycles. The fraction of sp³-hybridized carbons (Fsp3) is 0.933. The van der Waals surface area contributed by atoms with Crippen LogP contribution in [-0.2, 0) is 18.4 Å². The largest absolute Gasteiger partial charge is 0.350 e. The Balaban J connectivity index is 5.07. The molecule has 132 valence electrons. The topological polar surface area (TPSA) is 67.9 Å². The lowest BCUT2D eigenvalue weighted by molar-refractivity contribution is -0.124. The van der Waals surface area contributed by atoms with Gasteiger partial charge < -0.3 is 14.4 Å². The lowest BCUT2D eigenvalue weighted by Gasteiger charge is -2.37. The second-order valence-corrected chi connectivity index (χ2v) is 9.28. The minimum atomic E-state index is -3.23. The summed E-state index contributed by atoms with van der Waals surface area (Å²) in [7, 11) is -3.23. The van der Waals surface area contributed by atoms with Gasteiger partial charge in [-0.15, -0.1) is 0 Å². The Morgan fingerprint density at radius 2 is 1.50 bits per heavy atom. The highest BCUT2D eigenvalue weighted by molar-refractivity contribution is 7.53. The van der Waals surface area contributed by atoms with Gasteiger partial charge in [-0.2, -0.15) is 0 Å². The van der Waals surface area contributed by atoms with Crippen molar-refractivity contribution in [3.8, 4) is 0 Å². The SMILES string of the molecule is CCOP(=O)(CN(CC(=O)NC(C)(C)C)C(C)(C)C)OCC. The highest BCUT2D eigenvalue weighted by Gasteiger charge is 2.34. The first kappa shape index (κ1) is 21.6. The Kier molecular flexibility index (Phi) is 8.28. The monoisotopic (exact) mass is 336 g/mol. The first-order chi connectivity index (χ1) is 9.83. The smallest absolute Gasteiger partial charge is 0.344 e. The number of hydrogen-bond donors (Lipinski definition) is 1. The first-order valence-corrected chi connectivity index (χ1v) is 9.50. The van der Waals surface area contributed by atoms with E-state index in [9.17, 15) is 9.36 Å². The zero-order valence-electron chi connectivity index (χ0n) is 15.4. The van der Waals surface area contributed by atoms with Crippen LogP contribution in [0.2, 0.25) is 0 Å². The second kappa shape index (κ2) is 8.44. The maximum Gasteiger partial charge on any atom is 0.344 e. The summed E-state index contributed by atoms with van der Waals surface area (Å²) in [5.41, 5.74) is -0.636. The van der Waals surface area contributed by atoms with E-state index in [1.54, 1.807) is 13.8 Å². The normalized spacial score (nSPS) is 13.5. The molecule has 0 aromatic heterocycles. The lowest BCUT2D eigenvalue weighted by Crippen LogP contribution is -2.51. The average Bonchev–Trinajstić information content (AvgIpc) is 2.24. The van der Waals surface area contributed by atoms with Gasteiger partial charge in [0.05, 0.1) is 19.8 Å². The Labute approximate surface area is 135 Å². The van der Waals surface area contributed by atoms with Gasteiger partial charge in [-0.05, 0) is 55.4 Å². The maximum absolute atomic E-state index is 12.7. The molecule has 6 nitrogen and oxygen atoms in total. The number of nitrogens with one attached hydrogen (secondary N) is 1. The predicted octanol–water partition coefficient (Wildman–Crippen LogP) is 3.23. The molecule has 0 rings (SSSR count). The van der Waals surface area contributed by atoms with Gasteiger partial charge in [0.25, 0.3) is 0 Å². The van der Waals surface area contributed by atoms with Crippen LogP contribution < -0.4 is 5.32 Å².